The van der Waals surface area contributed by atoms with Crippen molar-refractivity contribution in [1.82, 2.24) is 0 Å². The van der Waals surface area contributed by atoms with Crippen molar-refractivity contribution < 1.29 is 19.1 Å². The van der Waals surface area contributed by atoms with Crippen LogP contribution in [0.5, 0.6) is 11.5 Å². The van der Waals surface area contributed by atoms with E-state index in [0.29, 0.717) is 17.1 Å². The zero-order chi connectivity index (χ0) is 11.7. The first-order valence-corrected chi connectivity index (χ1v) is 5.59. The normalized spacial score (nSPS) is 14.6. The molecule has 1 aromatic carbocycles. The molecule has 84 valence electrons. The maximum atomic E-state index is 11.5. The first kappa shape index (κ1) is 11.1. The topological polar surface area (TPSA) is 52.6 Å². The van der Waals surface area contributed by atoms with Crippen molar-refractivity contribution in [1.29, 1.82) is 0 Å². The van der Waals surface area contributed by atoms with Gasteiger partial charge in [-0.2, -0.15) is 0 Å². The molecule has 0 N–H and O–H groups in total. The van der Waals surface area contributed by atoms with Crippen molar-refractivity contribution in [2.24, 2.45) is 0 Å². The van der Waals surface area contributed by atoms with Crippen LogP contribution in [0.3, 0.4) is 0 Å². The second-order valence-corrected chi connectivity index (χ2v) is 4.31. The highest BCUT2D eigenvalue weighted by Crippen LogP contribution is 2.36. The summed E-state index contributed by atoms with van der Waals surface area (Å²) in [4.78, 5) is 21.8. The zero-order valence-corrected chi connectivity index (χ0v) is 10.1. The van der Waals surface area contributed by atoms with E-state index in [4.69, 9.17) is 9.47 Å². The molecule has 0 bridgehead atoms. The molecule has 1 atom stereocenters. The molecule has 1 aliphatic heterocycles. The summed E-state index contributed by atoms with van der Waals surface area (Å²) in [5.41, 5.74) is 0.685. The maximum Gasteiger partial charge on any atom is 0.231 e. The molecule has 0 spiro atoms. The molecule has 0 amide bonds. The van der Waals surface area contributed by atoms with Crippen molar-refractivity contribution in [3.8, 4) is 11.5 Å². The quantitative estimate of drug-likeness (QED) is 0.629. The Morgan fingerprint density at radius 3 is 2.69 bits per heavy atom. The van der Waals surface area contributed by atoms with E-state index in [-0.39, 0.29) is 6.79 Å². The number of benzene rings is 1. The lowest BCUT2D eigenvalue weighted by Crippen LogP contribution is -2.15. The first-order valence-electron chi connectivity index (χ1n) is 4.68. The van der Waals surface area contributed by atoms with Crippen LogP contribution in [0.2, 0.25) is 0 Å². The monoisotopic (exact) mass is 284 g/mol. The molecule has 1 unspecified atom stereocenters. The van der Waals surface area contributed by atoms with Gasteiger partial charge >= 0.3 is 0 Å². The van der Waals surface area contributed by atoms with Crippen molar-refractivity contribution in [2.45, 2.75) is 11.8 Å². The Morgan fingerprint density at radius 2 is 2.00 bits per heavy atom. The number of ether oxygens (including phenoxy) is 2. The summed E-state index contributed by atoms with van der Waals surface area (Å²) in [5, 5.41) is 0. The smallest absolute Gasteiger partial charge is 0.231 e. The number of carbonyl (C=O) groups excluding carboxylic acids is 2. The Morgan fingerprint density at radius 1 is 1.31 bits per heavy atom. The third-order valence-corrected chi connectivity index (χ3v) is 3.21. The number of hydrogen-bond acceptors (Lipinski definition) is 4. The summed E-state index contributed by atoms with van der Waals surface area (Å²) >= 11 is 3.19. The molecule has 1 aromatic rings. The highest BCUT2D eigenvalue weighted by Gasteiger charge is 2.23. The minimum atomic E-state index is -0.625. The maximum absolute atomic E-state index is 11.5. The van der Waals surface area contributed by atoms with Crippen LogP contribution in [-0.4, -0.2) is 18.4 Å². The molecular formula is C11H9BrO4. The summed E-state index contributed by atoms with van der Waals surface area (Å²) in [6.45, 7) is 1.44. The van der Waals surface area contributed by atoms with E-state index in [9.17, 15) is 9.59 Å². The lowest BCUT2D eigenvalue weighted by molar-refractivity contribution is -0.135. The van der Waals surface area contributed by atoms with Crippen LogP contribution in [0.25, 0.3) is 0 Å². The molecule has 0 fully saturated rings. The second kappa shape index (κ2) is 4.25. The van der Waals surface area contributed by atoms with Crippen LogP contribution in [0.1, 0.15) is 17.3 Å². The molecule has 1 aliphatic rings. The molecule has 0 saturated heterocycles. The molecule has 16 heavy (non-hydrogen) atoms. The van der Waals surface area contributed by atoms with Gasteiger partial charge in [-0.25, -0.2) is 0 Å². The number of Topliss-reactive ketones (excluding diaryl/α,β-unsaturated/α-hetero) is 2. The third kappa shape index (κ3) is 1.95. The van der Waals surface area contributed by atoms with Crippen LogP contribution in [0, 0.1) is 0 Å². The molecule has 5 heteroatoms. The molecule has 0 radical (unpaired) electrons. The fourth-order valence-corrected chi connectivity index (χ4v) is 2.01. The Bertz CT molecular complexity index is 455. The number of alkyl halides is 1. The van der Waals surface area contributed by atoms with Crippen LogP contribution in [0.15, 0.2) is 18.2 Å². The zero-order valence-electron chi connectivity index (χ0n) is 8.53. The van der Waals surface area contributed by atoms with Crippen molar-refractivity contribution in [3.05, 3.63) is 23.8 Å². The molecule has 0 aromatic heterocycles. The lowest BCUT2D eigenvalue weighted by Gasteiger charge is -2.07. The minimum Gasteiger partial charge on any atom is -0.454 e. The molecule has 4 nitrogen and oxygen atoms in total. The fraction of sp³-hybridized carbons (Fsp3) is 0.273. The van der Waals surface area contributed by atoms with Gasteiger partial charge < -0.3 is 9.47 Å². The van der Waals surface area contributed by atoms with Gasteiger partial charge in [-0.05, 0) is 17.7 Å². The number of fused-ring (bicyclic) bond motifs is 1. The fourth-order valence-electron chi connectivity index (χ4n) is 1.40. The highest BCUT2D eigenvalue weighted by molar-refractivity contribution is 9.09. The van der Waals surface area contributed by atoms with Crippen LogP contribution in [0.4, 0.5) is 0 Å². The standard InChI is InChI=1S/C11H9BrO4/c1-6(13)11(14)10(12)7-2-3-8-9(4-7)16-5-15-8/h2-4,10H,5H2,1H3. The number of carbonyl (C=O) groups is 2. The summed E-state index contributed by atoms with van der Waals surface area (Å²) in [7, 11) is 0. The first-order chi connectivity index (χ1) is 7.59. The summed E-state index contributed by atoms with van der Waals surface area (Å²) in [6, 6.07) is 5.15. The van der Waals surface area contributed by atoms with E-state index >= 15 is 0 Å². The van der Waals surface area contributed by atoms with Crippen molar-refractivity contribution in [3.63, 3.8) is 0 Å². The van der Waals surface area contributed by atoms with Gasteiger partial charge in [-0.1, -0.05) is 22.0 Å². The lowest BCUT2D eigenvalue weighted by atomic mass is 10.1. The largest absolute Gasteiger partial charge is 0.454 e. The van der Waals surface area contributed by atoms with Gasteiger partial charge in [0.15, 0.2) is 17.3 Å². The molecule has 1 heterocycles. The van der Waals surface area contributed by atoms with E-state index in [1.165, 1.54) is 6.92 Å². The second-order valence-electron chi connectivity index (χ2n) is 3.40. The number of rotatable bonds is 3. The average Bonchev–Trinajstić information content (AvgIpc) is 2.73. The molecule has 0 saturated carbocycles. The van der Waals surface area contributed by atoms with E-state index in [1.54, 1.807) is 18.2 Å². The van der Waals surface area contributed by atoms with Crippen molar-refractivity contribution >= 4 is 27.5 Å². The Hall–Kier alpha value is -1.36. The van der Waals surface area contributed by atoms with E-state index < -0.39 is 16.4 Å². The Balaban J connectivity index is 2.28. The molecule has 0 aliphatic carbocycles. The Labute approximate surface area is 101 Å². The predicted molar refractivity (Wildman–Crippen MR) is 59.9 cm³/mol. The van der Waals surface area contributed by atoms with Crippen molar-refractivity contribution in [2.75, 3.05) is 6.79 Å². The minimum absolute atomic E-state index is 0.187. The Kier molecular flexibility index (Phi) is 2.96. The van der Waals surface area contributed by atoms with Gasteiger partial charge in [-0.15, -0.1) is 0 Å². The van der Waals surface area contributed by atoms with Gasteiger partial charge in [0.05, 0.1) is 0 Å². The number of halogens is 1. The van der Waals surface area contributed by atoms with Gasteiger partial charge in [0, 0.05) is 6.92 Å². The van der Waals surface area contributed by atoms with Crippen LogP contribution < -0.4 is 9.47 Å². The number of ketones is 2. The van der Waals surface area contributed by atoms with Gasteiger partial charge in [0.2, 0.25) is 12.6 Å². The third-order valence-electron chi connectivity index (χ3n) is 2.27. The molecular weight excluding hydrogens is 276 g/mol. The SMILES string of the molecule is CC(=O)C(=O)C(Br)c1ccc2c(c1)OCO2. The van der Waals surface area contributed by atoms with Gasteiger partial charge in [0.1, 0.15) is 4.83 Å². The summed E-state index contributed by atoms with van der Waals surface area (Å²) < 4.78 is 10.3. The van der Waals surface area contributed by atoms with E-state index in [1.807, 2.05) is 0 Å². The summed E-state index contributed by atoms with van der Waals surface area (Å²) in [6.07, 6.45) is 0. The van der Waals surface area contributed by atoms with Crippen LogP contribution in [-0.2, 0) is 9.59 Å². The summed E-state index contributed by atoms with van der Waals surface area (Å²) in [5.74, 6) is 0.301. The van der Waals surface area contributed by atoms with E-state index in [2.05, 4.69) is 15.9 Å². The number of hydrogen-bond donors (Lipinski definition) is 0. The highest BCUT2D eigenvalue weighted by atomic mass is 79.9. The van der Waals surface area contributed by atoms with Crippen LogP contribution >= 0.6 is 15.9 Å². The van der Waals surface area contributed by atoms with Gasteiger partial charge in [0.25, 0.3) is 0 Å². The predicted octanol–water partition coefficient (Wildman–Crippen LogP) is 2.01. The average molecular weight is 285 g/mol. The van der Waals surface area contributed by atoms with E-state index in [0.717, 1.165) is 0 Å². The molecule has 2 rings (SSSR count). The van der Waals surface area contributed by atoms with Gasteiger partial charge in [-0.3, -0.25) is 9.59 Å².